The van der Waals surface area contributed by atoms with E-state index in [4.69, 9.17) is 4.74 Å². The molecular weight excluding hydrogens is 329 g/mol. The minimum atomic E-state index is -0.750. The van der Waals surface area contributed by atoms with Crippen molar-refractivity contribution in [1.82, 2.24) is 10.2 Å². The van der Waals surface area contributed by atoms with Gasteiger partial charge in [-0.05, 0) is 31.2 Å². The summed E-state index contributed by atoms with van der Waals surface area (Å²) < 4.78 is 18.3. The lowest BCUT2D eigenvalue weighted by molar-refractivity contribution is -0.122. The standard InChI is InChI=1S/C17H14FN3O2S/c1-11(23-14-9-7-13(18)8-10-14)15(22)19-17-21-20-16(24-17)12-5-3-2-4-6-12/h2-11H,1H3,(H,19,21,22)/t11-/m0/s1. The van der Waals surface area contributed by atoms with Gasteiger partial charge in [0, 0.05) is 5.56 Å². The molecule has 0 aliphatic rings. The normalized spacial score (nSPS) is 11.8. The van der Waals surface area contributed by atoms with Gasteiger partial charge in [-0.1, -0.05) is 41.7 Å². The Balaban J connectivity index is 1.62. The summed E-state index contributed by atoms with van der Waals surface area (Å²) in [6.45, 7) is 1.61. The monoisotopic (exact) mass is 343 g/mol. The fraction of sp³-hybridized carbons (Fsp3) is 0.118. The molecule has 0 saturated heterocycles. The molecule has 2 aromatic carbocycles. The van der Waals surface area contributed by atoms with Crippen LogP contribution in [0.5, 0.6) is 5.75 Å². The second kappa shape index (κ2) is 7.18. The molecule has 1 atom stereocenters. The van der Waals surface area contributed by atoms with Crippen molar-refractivity contribution < 1.29 is 13.9 Å². The van der Waals surface area contributed by atoms with Crippen LogP contribution in [0.25, 0.3) is 10.6 Å². The third kappa shape index (κ3) is 3.94. The molecule has 0 unspecified atom stereocenters. The minimum Gasteiger partial charge on any atom is -0.481 e. The molecule has 24 heavy (non-hydrogen) atoms. The van der Waals surface area contributed by atoms with Gasteiger partial charge in [-0.2, -0.15) is 0 Å². The van der Waals surface area contributed by atoms with E-state index >= 15 is 0 Å². The summed E-state index contributed by atoms with van der Waals surface area (Å²) in [7, 11) is 0. The lowest BCUT2D eigenvalue weighted by Crippen LogP contribution is -2.30. The van der Waals surface area contributed by atoms with Crippen molar-refractivity contribution in [3.63, 3.8) is 0 Å². The summed E-state index contributed by atoms with van der Waals surface area (Å²) in [5.74, 6) is -0.293. The third-order valence-electron chi connectivity index (χ3n) is 3.17. The maximum Gasteiger partial charge on any atom is 0.266 e. The van der Waals surface area contributed by atoms with Crippen molar-refractivity contribution in [3.8, 4) is 16.3 Å². The second-order valence-electron chi connectivity index (χ2n) is 4.98. The molecule has 0 spiro atoms. The highest BCUT2D eigenvalue weighted by molar-refractivity contribution is 7.18. The molecule has 0 bridgehead atoms. The number of halogens is 1. The van der Waals surface area contributed by atoms with Crippen molar-refractivity contribution in [1.29, 1.82) is 0 Å². The molecule has 0 aliphatic carbocycles. The molecule has 1 heterocycles. The number of carbonyl (C=O) groups excluding carboxylic acids is 1. The molecule has 7 heteroatoms. The molecule has 3 rings (SSSR count). The molecule has 122 valence electrons. The highest BCUT2D eigenvalue weighted by Gasteiger charge is 2.17. The predicted octanol–water partition coefficient (Wildman–Crippen LogP) is 3.75. The van der Waals surface area contributed by atoms with Crippen molar-refractivity contribution in [3.05, 3.63) is 60.4 Å². The van der Waals surface area contributed by atoms with E-state index in [0.717, 1.165) is 10.6 Å². The van der Waals surface area contributed by atoms with E-state index in [1.165, 1.54) is 35.6 Å². The fourth-order valence-corrected chi connectivity index (χ4v) is 2.70. The SMILES string of the molecule is C[C@H](Oc1ccc(F)cc1)C(=O)Nc1nnc(-c2ccccc2)s1. The van der Waals surface area contributed by atoms with Gasteiger partial charge >= 0.3 is 0 Å². The average Bonchev–Trinajstić information content (AvgIpc) is 3.06. The predicted molar refractivity (Wildman–Crippen MR) is 90.5 cm³/mol. The number of aromatic nitrogens is 2. The van der Waals surface area contributed by atoms with Crippen molar-refractivity contribution in [2.75, 3.05) is 5.32 Å². The number of nitrogens with zero attached hydrogens (tertiary/aromatic N) is 2. The highest BCUT2D eigenvalue weighted by atomic mass is 32.1. The van der Waals surface area contributed by atoms with Gasteiger partial charge in [0.2, 0.25) is 5.13 Å². The number of nitrogens with one attached hydrogen (secondary N) is 1. The number of ether oxygens (including phenoxy) is 1. The number of rotatable bonds is 5. The molecule has 1 aromatic heterocycles. The van der Waals surface area contributed by atoms with Gasteiger partial charge in [-0.15, -0.1) is 10.2 Å². The van der Waals surface area contributed by atoms with E-state index in [2.05, 4.69) is 15.5 Å². The number of anilines is 1. The van der Waals surface area contributed by atoms with Crippen LogP contribution in [0.3, 0.4) is 0 Å². The van der Waals surface area contributed by atoms with Crippen LogP contribution in [0, 0.1) is 5.82 Å². The van der Waals surface area contributed by atoms with Gasteiger partial charge in [0.1, 0.15) is 16.6 Å². The van der Waals surface area contributed by atoms with Gasteiger partial charge in [0.25, 0.3) is 5.91 Å². The molecule has 1 N–H and O–H groups in total. The van der Waals surface area contributed by atoms with Gasteiger partial charge in [0.05, 0.1) is 0 Å². The Morgan fingerprint density at radius 2 is 1.83 bits per heavy atom. The highest BCUT2D eigenvalue weighted by Crippen LogP contribution is 2.26. The Bertz CT molecular complexity index is 821. The van der Waals surface area contributed by atoms with Crippen LogP contribution in [0.2, 0.25) is 0 Å². The van der Waals surface area contributed by atoms with Gasteiger partial charge < -0.3 is 4.74 Å². The van der Waals surface area contributed by atoms with E-state index in [0.29, 0.717) is 10.9 Å². The van der Waals surface area contributed by atoms with E-state index < -0.39 is 6.10 Å². The summed E-state index contributed by atoms with van der Waals surface area (Å²) >= 11 is 1.28. The van der Waals surface area contributed by atoms with Crippen LogP contribution in [0.15, 0.2) is 54.6 Å². The molecular formula is C17H14FN3O2S. The molecule has 0 radical (unpaired) electrons. The molecule has 3 aromatic rings. The Morgan fingerprint density at radius 1 is 1.12 bits per heavy atom. The first-order chi connectivity index (χ1) is 11.6. The van der Waals surface area contributed by atoms with E-state index in [-0.39, 0.29) is 11.7 Å². The third-order valence-corrected chi connectivity index (χ3v) is 4.06. The molecule has 0 saturated carbocycles. The number of amides is 1. The van der Waals surface area contributed by atoms with Crippen molar-refractivity contribution >= 4 is 22.4 Å². The molecule has 0 fully saturated rings. The summed E-state index contributed by atoms with van der Waals surface area (Å²) in [6, 6.07) is 15.1. The minimum absolute atomic E-state index is 0.352. The summed E-state index contributed by atoms with van der Waals surface area (Å²) in [6.07, 6.45) is -0.750. The maximum absolute atomic E-state index is 12.9. The zero-order valence-corrected chi connectivity index (χ0v) is 13.6. The molecule has 0 aliphatic heterocycles. The smallest absolute Gasteiger partial charge is 0.266 e. The first kappa shape index (κ1) is 16.1. The zero-order valence-electron chi connectivity index (χ0n) is 12.8. The molecule has 1 amide bonds. The number of hydrogen-bond donors (Lipinski definition) is 1. The maximum atomic E-state index is 12.9. The van der Waals surface area contributed by atoms with Gasteiger partial charge in [-0.3, -0.25) is 10.1 Å². The van der Waals surface area contributed by atoms with Crippen LogP contribution in [0.1, 0.15) is 6.92 Å². The van der Waals surface area contributed by atoms with E-state index in [1.807, 2.05) is 30.3 Å². The Morgan fingerprint density at radius 3 is 2.54 bits per heavy atom. The van der Waals surface area contributed by atoms with Crippen molar-refractivity contribution in [2.24, 2.45) is 0 Å². The number of carbonyl (C=O) groups is 1. The van der Waals surface area contributed by atoms with Crippen LogP contribution >= 0.6 is 11.3 Å². The van der Waals surface area contributed by atoms with E-state index in [9.17, 15) is 9.18 Å². The van der Waals surface area contributed by atoms with Gasteiger partial charge in [-0.25, -0.2) is 4.39 Å². The topological polar surface area (TPSA) is 64.1 Å². The second-order valence-corrected chi connectivity index (χ2v) is 5.96. The quantitative estimate of drug-likeness (QED) is 0.766. The van der Waals surface area contributed by atoms with Crippen LogP contribution in [0.4, 0.5) is 9.52 Å². The Hall–Kier alpha value is -2.80. The lowest BCUT2D eigenvalue weighted by Gasteiger charge is -2.13. The Labute approximate surface area is 142 Å². The number of hydrogen-bond acceptors (Lipinski definition) is 5. The average molecular weight is 343 g/mol. The van der Waals surface area contributed by atoms with E-state index in [1.54, 1.807) is 6.92 Å². The Kier molecular flexibility index (Phi) is 4.81. The fourth-order valence-electron chi connectivity index (χ4n) is 1.95. The van der Waals surface area contributed by atoms with Crippen LogP contribution in [-0.2, 0) is 4.79 Å². The van der Waals surface area contributed by atoms with Gasteiger partial charge in [0.15, 0.2) is 6.10 Å². The van der Waals surface area contributed by atoms with Crippen LogP contribution in [-0.4, -0.2) is 22.2 Å². The van der Waals surface area contributed by atoms with Crippen molar-refractivity contribution in [2.45, 2.75) is 13.0 Å². The van der Waals surface area contributed by atoms with Crippen LogP contribution < -0.4 is 10.1 Å². The summed E-state index contributed by atoms with van der Waals surface area (Å²) in [4.78, 5) is 12.2. The molecule has 5 nitrogen and oxygen atoms in total. The largest absolute Gasteiger partial charge is 0.481 e. The number of benzene rings is 2. The first-order valence-electron chi connectivity index (χ1n) is 7.24. The zero-order chi connectivity index (χ0) is 16.9. The summed E-state index contributed by atoms with van der Waals surface area (Å²) in [5.41, 5.74) is 0.936. The lowest BCUT2D eigenvalue weighted by atomic mass is 10.2. The summed E-state index contributed by atoms with van der Waals surface area (Å²) in [5, 5.41) is 11.8. The first-order valence-corrected chi connectivity index (χ1v) is 8.05.